The zero-order valence-electron chi connectivity index (χ0n) is 8.11. The Morgan fingerprint density at radius 2 is 2.25 bits per heavy atom. The quantitative estimate of drug-likeness (QED) is 0.488. The first-order valence-corrected chi connectivity index (χ1v) is 6.37. The highest BCUT2D eigenvalue weighted by Crippen LogP contribution is 1.99. The van der Waals surface area contributed by atoms with Crippen molar-refractivity contribution in [1.29, 1.82) is 0 Å². The third-order valence-electron chi connectivity index (χ3n) is 1.71. The number of hydrogen-bond acceptors (Lipinski definition) is 2. The van der Waals surface area contributed by atoms with E-state index in [0.717, 1.165) is 18.8 Å². The van der Waals surface area contributed by atoms with Crippen molar-refractivity contribution in [3.8, 4) is 0 Å². The van der Waals surface area contributed by atoms with Crippen molar-refractivity contribution < 1.29 is 0 Å². The standard InChI is InChI=1S/C9H20ClNS/c1-3-12-8-7-11-9(2)5-4-6-10/h9,11H,3-8H2,1-2H3. The van der Waals surface area contributed by atoms with Crippen LogP contribution in [-0.4, -0.2) is 30.0 Å². The molecule has 0 spiro atoms. The zero-order valence-corrected chi connectivity index (χ0v) is 9.68. The van der Waals surface area contributed by atoms with E-state index in [0.29, 0.717) is 6.04 Å². The molecule has 0 aromatic rings. The molecule has 3 heteroatoms. The normalized spacial score (nSPS) is 13.2. The van der Waals surface area contributed by atoms with Gasteiger partial charge in [0.2, 0.25) is 0 Å². The van der Waals surface area contributed by atoms with Gasteiger partial charge in [-0.25, -0.2) is 0 Å². The van der Waals surface area contributed by atoms with Crippen LogP contribution in [0.25, 0.3) is 0 Å². The van der Waals surface area contributed by atoms with Gasteiger partial charge in [0.25, 0.3) is 0 Å². The van der Waals surface area contributed by atoms with Gasteiger partial charge in [0.05, 0.1) is 0 Å². The van der Waals surface area contributed by atoms with Crippen molar-refractivity contribution in [3.63, 3.8) is 0 Å². The maximum absolute atomic E-state index is 5.60. The molecule has 0 heterocycles. The number of halogens is 1. The van der Waals surface area contributed by atoms with Gasteiger partial charge >= 0.3 is 0 Å². The van der Waals surface area contributed by atoms with Crippen molar-refractivity contribution in [3.05, 3.63) is 0 Å². The SMILES string of the molecule is CCSCCNC(C)CCCCl. The van der Waals surface area contributed by atoms with E-state index >= 15 is 0 Å². The minimum atomic E-state index is 0.626. The van der Waals surface area contributed by atoms with Gasteiger partial charge in [-0.3, -0.25) is 0 Å². The van der Waals surface area contributed by atoms with Crippen LogP contribution < -0.4 is 5.32 Å². The molecular weight excluding hydrogens is 190 g/mol. The smallest absolute Gasteiger partial charge is 0.0224 e. The summed E-state index contributed by atoms with van der Waals surface area (Å²) in [6.07, 6.45) is 2.32. The molecule has 0 aromatic heterocycles. The molecule has 0 aliphatic rings. The van der Waals surface area contributed by atoms with Crippen LogP contribution in [0.5, 0.6) is 0 Å². The first-order valence-electron chi connectivity index (χ1n) is 4.68. The van der Waals surface area contributed by atoms with Gasteiger partial charge in [-0.2, -0.15) is 11.8 Å². The second-order valence-electron chi connectivity index (χ2n) is 2.88. The summed E-state index contributed by atoms with van der Waals surface area (Å²) in [4.78, 5) is 0. The molecule has 0 aliphatic carbocycles. The van der Waals surface area contributed by atoms with Gasteiger partial charge in [-0.05, 0) is 25.5 Å². The second-order valence-corrected chi connectivity index (χ2v) is 4.66. The van der Waals surface area contributed by atoms with Crippen LogP contribution in [0.3, 0.4) is 0 Å². The van der Waals surface area contributed by atoms with Crippen LogP contribution in [0.15, 0.2) is 0 Å². The fraction of sp³-hybridized carbons (Fsp3) is 1.00. The molecule has 0 amide bonds. The molecule has 1 nitrogen and oxygen atoms in total. The Morgan fingerprint density at radius 1 is 1.50 bits per heavy atom. The van der Waals surface area contributed by atoms with Gasteiger partial charge < -0.3 is 5.32 Å². The Bertz CT molecular complexity index is 90.6. The van der Waals surface area contributed by atoms with Gasteiger partial charge in [0.1, 0.15) is 0 Å². The average Bonchev–Trinajstić information content (AvgIpc) is 2.09. The molecule has 0 rings (SSSR count). The van der Waals surface area contributed by atoms with Crippen LogP contribution in [0.2, 0.25) is 0 Å². The van der Waals surface area contributed by atoms with E-state index in [4.69, 9.17) is 11.6 Å². The molecule has 0 bridgehead atoms. The van der Waals surface area contributed by atoms with Crippen molar-refractivity contribution in [1.82, 2.24) is 5.32 Å². The molecular formula is C9H20ClNS. The molecule has 0 saturated carbocycles. The Kier molecular flexibility index (Phi) is 10.2. The lowest BCUT2D eigenvalue weighted by molar-refractivity contribution is 0.527. The molecule has 1 N–H and O–H groups in total. The maximum Gasteiger partial charge on any atom is 0.0224 e. The lowest BCUT2D eigenvalue weighted by atomic mass is 10.2. The Hall–Kier alpha value is 0.600. The van der Waals surface area contributed by atoms with Crippen LogP contribution in [0.1, 0.15) is 26.7 Å². The van der Waals surface area contributed by atoms with Crippen LogP contribution in [0.4, 0.5) is 0 Å². The molecule has 0 saturated heterocycles. The Morgan fingerprint density at radius 3 is 2.83 bits per heavy atom. The van der Waals surface area contributed by atoms with Gasteiger partial charge in [0.15, 0.2) is 0 Å². The lowest BCUT2D eigenvalue weighted by Crippen LogP contribution is -2.28. The minimum absolute atomic E-state index is 0.626. The predicted octanol–water partition coefficient (Wildman–Crippen LogP) is 2.74. The number of thioether (sulfide) groups is 1. The van der Waals surface area contributed by atoms with Gasteiger partial charge in [-0.15, -0.1) is 11.6 Å². The van der Waals surface area contributed by atoms with Crippen molar-refractivity contribution >= 4 is 23.4 Å². The van der Waals surface area contributed by atoms with Crippen LogP contribution >= 0.6 is 23.4 Å². The highest BCUT2D eigenvalue weighted by Gasteiger charge is 1.98. The number of hydrogen-bond donors (Lipinski definition) is 1. The van der Waals surface area contributed by atoms with Gasteiger partial charge in [0, 0.05) is 24.2 Å². The topological polar surface area (TPSA) is 12.0 Å². The van der Waals surface area contributed by atoms with Gasteiger partial charge in [-0.1, -0.05) is 6.92 Å². The van der Waals surface area contributed by atoms with E-state index in [2.05, 4.69) is 19.2 Å². The second kappa shape index (κ2) is 9.69. The summed E-state index contributed by atoms with van der Waals surface area (Å²) >= 11 is 7.58. The average molecular weight is 210 g/mol. The summed E-state index contributed by atoms with van der Waals surface area (Å²) < 4.78 is 0. The lowest BCUT2D eigenvalue weighted by Gasteiger charge is -2.12. The Balaban J connectivity index is 3.02. The number of rotatable bonds is 8. The van der Waals surface area contributed by atoms with E-state index in [1.807, 2.05) is 11.8 Å². The summed E-state index contributed by atoms with van der Waals surface area (Å²) in [7, 11) is 0. The monoisotopic (exact) mass is 209 g/mol. The molecule has 0 aromatic carbocycles. The van der Waals surface area contributed by atoms with Crippen molar-refractivity contribution in [2.24, 2.45) is 0 Å². The van der Waals surface area contributed by atoms with E-state index in [1.54, 1.807) is 0 Å². The Labute approximate surface area is 85.6 Å². The third kappa shape index (κ3) is 8.69. The summed E-state index contributed by atoms with van der Waals surface area (Å²) in [6, 6.07) is 0.626. The van der Waals surface area contributed by atoms with Crippen LogP contribution in [-0.2, 0) is 0 Å². The highest BCUT2D eigenvalue weighted by molar-refractivity contribution is 7.99. The van der Waals surface area contributed by atoms with Crippen molar-refractivity contribution in [2.75, 3.05) is 23.9 Å². The fourth-order valence-electron chi connectivity index (χ4n) is 1.01. The number of nitrogens with one attached hydrogen (secondary N) is 1. The summed E-state index contributed by atoms with van der Waals surface area (Å²) in [5, 5.41) is 3.47. The zero-order chi connectivity index (χ0) is 9.23. The first kappa shape index (κ1) is 12.6. The molecule has 12 heavy (non-hydrogen) atoms. The largest absolute Gasteiger partial charge is 0.313 e. The van der Waals surface area contributed by atoms with E-state index in [1.165, 1.54) is 17.9 Å². The predicted molar refractivity (Wildman–Crippen MR) is 60.4 cm³/mol. The number of alkyl halides is 1. The molecule has 1 unspecified atom stereocenters. The minimum Gasteiger partial charge on any atom is -0.313 e. The highest BCUT2D eigenvalue weighted by atomic mass is 35.5. The third-order valence-corrected chi connectivity index (χ3v) is 2.88. The molecule has 1 atom stereocenters. The van der Waals surface area contributed by atoms with E-state index in [-0.39, 0.29) is 0 Å². The van der Waals surface area contributed by atoms with Crippen LogP contribution in [0, 0.1) is 0 Å². The maximum atomic E-state index is 5.60. The molecule has 0 radical (unpaired) electrons. The summed E-state index contributed by atoms with van der Waals surface area (Å²) in [6.45, 7) is 5.55. The van der Waals surface area contributed by atoms with E-state index in [9.17, 15) is 0 Å². The summed E-state index contributed by atoms with van der Waals surface area (Å²) in [5.74, 6) is 3.23. The first-order chi connectivity index (χ1) is 5.81. The summed E-state index contributed by atoms with van der Waals surface area (Å²) in [5.41, 5.74) is 0. The molecule has 0 aliphatic heterocycles. The van der Waals surface area contributed by atoms with Crippen molar-refractivity contribution in [2.45, 2.75) is 32.7 Å². The van der Waals surface area contributed by atoms with E-state index < -0.39 is 0 Å². The fourth-order valence-corrected chi connectivity index (χ4v) is 1.71. The molecule has 74 valence electrons. The molecule has 0 fully saturated rings.